The normalized spacial score (nSPS) is 20.7. The van der Waals surface area contributed by atoms with E-state index < -0.39 is 21.6 Å². The Labute approximate surface area is 294 Å². The van der Waals surface area contributed by atoms with Gasteiger partial charge in [0.2, 0.25) is 11.8 Å². The fourth-order valence-electron chi connectivity index (χ4n) is 7.00. The topological polar surface area (TPSA) is 138 Å². The molecule has 0 unspecified atom stereocenters. The summed E-state index contributed by atoms with van der Waals surface area (Å²) >= 11 is 0. The Kier molecular flexibility index (Phi) is 9.62. The van der Waals surface area contributed by atoms with Crippen LogP contribution in [0.4, 0.5) is 11.8 Å². The molecule has 2 N–H and O–H groups in total. The Morgan fingerprint density at radius 1 is 1.00 bits per heavy atom. The van der Waals surface area contributed by atoms with Gasteiger partial charge in [-0.25, -0.2) is 23.1 Å². The number of pyridine rings is 1. The summed E-state index contributed by atoms with van der Waals surface area (Å²) in [6.45, 7) is 13.3. The molecule has 1 fully saturated rings. The molecule has 4 aromatic rings. The first-order valence-corrected chi connectivity index (χ1v) is 18.5. The SMILES string of the molecule is Cc1cccc(C)c1-c1cc2nc(n1)NS(=O)(=O)c1cccc(c1)C(=O)N(Cc1cccc(N3CCC[C@@]3(C)CO)n1)[C@H](CC(C)(C)C)CO2. The number of aliphatic hydroxyl groups excluding tert-OH is 1. The Morgan fingerprint density at radius 3 is 2.44 bits per heavy atom. The molecule has 6 rings (SSSR count). The number of aliphatic hydroxyl groups is 1. The average molecular weight is 699 g/mol. The molecule has 1 amide bonds. The summed E-state index contributed by atoms with van der Waals surface area (Å²) < 4.78 is 36.4. The Hall–Kier alpha value is -4.55. The van der Waals surface area contributed by atoms with E-state index in [0.29, 0.717) is 17.8 Å². The Morgan fingerprint density at radius 2 is 1.72 bits per heavy atom. The monoisotopic (exact) mass is 698 g/mol. The number of aromatic nitrogens is 3. The van der Waals surface area contributed by atoms with Crippen molar-refractivity contribution in [1.29, 1.82) is 0 Å². The van der Waals surface area contributed by atoms with Crippen molar-refractivity contribution in [2.45, 2.75) is 83.8 Å². The molecule has 1 saturated heterocycles. The van der Waals surface area contributed by atoms with E-state index in [2.05, 4.69) is 40.4 Å². The zero-order valence-electron chi connectivity index (χ0n) is 29.6. The maximum Gasteiger partial charge on any atom is 0.264 e. The van der Waals surface area contributed by atoms with Crippen molar-refractivity contribution in [3.8, 4) is 17.1 Å². The highest BCUT2D eigenvalue weighted by atomic mass is 32.2. The van der Waals surface area contributed by atoms with Crippen molar-refractivity contribution in [2.75, 3.05) is 29.4 Å². The molecular weight excluding hydrogens is 653 g/mol. The number of benzene rings is 2. The van der Waals surface area contributed by atoms with Crippen LogP contribution in [0.1, 0.15) is 74.1 Å². The molecule has 50 heavy (non-hydrogen) atoms. The molecule has 0 saturated carbocycles. The zero-order chi connectivity index (χ0) is 35.8. The van der Waals surface area contributed by atoms with E-state index in [0.717, 1.165) is 41.9 Å². The fraction of sp³-hybridized carbons (Fsp3) is 0.421. The number of rotatable bonds is 6. The molecule has 2 aliphatic rings. The molecule has 0 spiro atoms. The molecule has 2 atom stereocenters. The third-order valence-electron chi connectivity index (χ3n) is 9.52. The smallest absolute Gasteiger partial charge is 0.264 e. The molecule has 4 heterocycles. The summed E-state index contributed by atoms with van der Waals surface area (Å²) in [4.78, 5) is 32.5. The van der Waals surface area contributed by atoms with Crippen LogP contribution in [0, 0.1) is 19.3 Å². The maximum absolute atomic E-state index is 14.6. The van der Waals surface area contributed by atoms with Gasteiger partial charge < -0.3 is 19.6 Å². The Balaban J connectivity index is 1.46. The highest BCUT2D eigenvalue weighted by molar-refractivity contribution is 7.92. The molecule has 2 aromatic heterocycles. The van der Waals surface area contributed by atoms with Crippen LogP contribution in [0.5, 0.6) is 5.88 Å². The number of hydrogen-bond acceptors (Lipinski definition) is 9. The van der Waals surface area contributed by atoms with E-state index in [1.54, 1.807) is 23.1 Å². The van der Waals surface area contributed by atoms with Gasteiger partial charge >= 0.3 is 0 Å². The van der Waals surface area contributed by atoms with Gasteiger partial charge in [-0.3, -0.25) is 4.79 Å². The molecular formula is C38H46N6O5S. The number of hydrogen-bond donors (Lipinski definition) is 2. The minimum atomic E-state index is -4.19. The lowest BCUT2D eigenvalue weighted by Crippen LogP contribution is -2.46. The zero-order valence-corrected chi connectivity index (χ0v) is 30.4. The fourth-order valence-corrected chi connectivity index (χ4v) is 7.99. The highest BCUT2D eigenvalue weighted by Crippen LogP contribution is 2.34. The van der Waals surface area contributed by atoms with Gasteiger partial charge in [0, 0.05) is 23.7 Å². The number of aryl methyl sites for hydroxylation is 2. The minimum absolute atomic E-state index is 0.0124. The summed E-state index contributed by atoms with van der Waals surface area (Å²) in [6, 6.07) is 18.9. The summed E-state index contributed by atoms with van der Waals surface area (Å²) in [5, 5.41) is 10.2. The number of nitrogens with one attached hydrogen (secondary N) is 1. The molecule has 12 heteroatoms. The van der Waals surface area contributed by atoms with Crippen molar-refractivity contribution in [1.82, 2.24) is 19.9 Å². The lowest BCUT2D eigenvalue weighted by Gasteiger charge is -2.36. The van der Waals surface area contributed by atoms with Crippen LogP contribution in [-0.4, -0.2) is 70.6 Å². The third-order valence-corrected chi connectivity index (χ3v) is 10.8. The number of ether oxygens (including phenoxy) is 1. The second-order valence-electron chi connectivity index (χ2n) is 14.9. The molecule has 11 nitrogen and oxygen atoms in total. The molecule has 0 radical (unpaired) electrons. The number of amides is 1. The first kappa shape index (κ1) is 35.3. The predicted molar refractivity (Wildman–Crippen MR) is 194 cm³/mol. The minimum Gasteiger partial charge on any atom is -0.475 e. The molecule has 2 aliphatic heterocycles. The van der Waals surface area contributed by atoms with Crippen LogP contribution in [-0.2, 0) is 16.6 Å². The van der Waals surface area contributed by atoms with Crippen molar-refractivity contribution in [3.63, 3.8) is 0 Å². The maximum atomic E-state index is 14.6. The lowest BCUT2D eigenvalue weighted by molar-refractivity contribution is 0.0509. The largest absolute Gasteiger partial charge is 0.475 e. The van der Waals surface area contributed by atoms with Crippen molar-refractivity contribution in [2.24, 2.45) is 5.41 Å². The first-order chi connectivity index (χ1) is 23.7. The van der Waals surface area contributed by atoms with E-state index in [4.69, 9.17) is 9.72 Å². The number of carbonyl (C=O) groups excluding carboxylic acids is 1. The van der Waals surface area contributed by atoms with E-state index in [1.807, 2.05) is 57.2 Å². The van der Waals surface area contributed by atoms with Crippen LogP contribution >= 0.6 is 0 Å². The summed E-state index contributed by atoms with van der Waals surface area (Å²) in [5.41, 5.74) is 3.58. The number of nitrogens with zero attached hydrogens (tertiary/aromatic N) is 5. The van der Waals surface area contributed by atoms with Crippen LogP contribution in [0.25, 0.3) is 11.3 Å². The number of fused-ring (bicyclic) bond motifs is 4. The molecule has 0 aliphatic carbocycles. The molecule has 2 aromatic carbocycles. The number of carbonyl (C=O) groups is 1. The Bertz CT molecular complexity index is 1990. The summed E-state index contributed by atoms with van der Waals surface area (Å²) in [7, 11) is -4.19. The third kappa shape index (κ3) is 7.46. The van der Waals surface area contributed by atoms with Crippen LogP contribution in [0.2, 0.25) is 0 Å². The molecule has 264 valence electrons. The van der Waals surface area contributed by atoms with Gasteiger partial charge in [0.1, 0.15) is 12.4 Å². The van der Waals surface area contributed by atoms with E-state index in [9.17, 15) is 18.3 Å². The summed E-state index contributed by atoms with van der Waals surface area (Å²) in [5.74, 6) is 0.454. The van der Waals surface area contributed by atoms with Gasteiger partial charge in [-0.15, -0.1) is 0 Å². The van der Waals surface area contributed by atoms with Crippen LogP contribution in [0.15, 0.2) is 71.6 Å². The van der Waals surface area contributed by atoms with Gasteiger partial charge in [0.25, 0.3) is 15.9 Å². The molecule has 4 bridgehead atoms. The number of anilines is 2. The van der Waals surface area contributed by atoms with Gasteiger partial charge in [0.05, 0.1) is 41.0 Å². The van der Waals surface area contributed by atoms with Crippen molar-refractivity contribution >= 4 is 27.7 Å². The lowest BCUT2D eigenvalue weighted by atomic mass is 9.87. The predicted octanol–water partition coefficient (Wildman–Crippen LogP) is 6.15. The van der Waals surface area contributed by atoms with Crippen molar-refractivity contribution in [3.05, 3.63) is 89.1 Å². The van der Waals surface area contributed by atoms with Crippen LogP contribution in [0.3, 0.4) is 0 Å². The van der Waals surface area contributed by atoms with Gasteiger partial charge in [-0.05, 0) is 86.9 Å². The first-order valence-electron chi connectivity index (χ1n) is 17.0. The second kappa shape index (κ2) is 13.6. The second-order valence-corrected chi connectivity index (χ2v) is 16.6. The standard InChI is InChI=1S/C38H46N6O5S/c1-25-11-7-12-26(2)34(25)31-20-33-41-36(40-31)42-50(47,48)30-15-8-13-27(19-30)35(46)43(29(23-49-33)21-37(3,4)5)22-28-14-9-16-32(39-28)44-18-10-17-38(44,6)24-45/h7-9,11-16,19-20,29,45H,10,17-18,21-24H2,1-6H3,(H,40,41,42)/t29-,38+/m1/s1. The highest BCUT2D eigenvalue weighted by Gasteiger charge is 2.37. The number of sulfonamides is 1. The van der Waals surface area contributed by atoms with Gasteiger partial charge in [0.15, 0.2) is 0 Å². The summed E-state index contributed by atoms with van der Waals surface area (Å²) in [6.07, 6.45) is 2.38. The van der Waals surface area contributed by atoms with Gasteiger partial charge in [-0.1, -0.05) is 51.1 Å². The van der Waals surface area contributed by atoms with E-state index in [-0.39, 0.29) is 53.4 Å². The average Bonchev–Trinajstić information content (AvgIpc) is 3.46. The van der Waals surface area contributed by atoms with Crippen LogP contribution < -0.4 is 14.4 Å². The van der Waals surface area contributed by atoms with Gasteiger partial charge in [-0.2, -0.15) is 4.98 Å². The van der Waals surface area contributed by atoms with E-state index >= 15 is 0 Å². The van der Waals surface area contributed by atoms with E-state index in [1.165, 1.54) is 12.1 Å². The quantitative estimate of drug-likeness (QED) is 0.243. The van der Waals surface area contributed by atoms with Crippen molar-refractivity contribution < 1.29 is 23.1 Å².